The zero-order valence-electron chi connectivity index (χ0n) is 15.7. The number of ether oxygens (including phenoxy) is 1. The highest BCUT2D eigenvalue weighted by Crippen LogP contribution is 2.46. The summed E-state index contributed by atoms with van der Waals surface area (Å²) in [5.41, 5.74) is 4.70. The zero-order valence-corrected chi connectivity index (χ0v) is 15.7. The summed E-state index contributed by atoms with van der Waals surface area (Å²) in [6.07, 6.45) is 3.83. The molecule has 0 radical (unpaired) electrons. The summed E-state index contributed by atoms with van der Waals surface area (Å²) >= 11 is 0. The van der Waals surface area contributed by atoms with E-state index in [1.807, 2.05) is 30.3 Å². The van der Waals surface area contributed by atoms with Gasteiger partial charge in [0.1, 0.15) is 11.4 Å². The second kappa shape index (κ2) is 5.78. The van der Waals surface area contributed by atoms with Crippen LogP contribution in [0.3, 0.4) is 0 Å². The summed E-state index contributed by atoms with van der Waals surface area (Å²) in [6.45, 7) is 8.30. The highest BCUT2D eigenvalue weighted by Gasteiger charge is 2.38. The highest BCUT2D eigenvalue weighted by atomic mass is 16.5. The van der Waals surface area contributed by atoms with Crippen molar-refractivity contribution in [3.8, 4) is 5.75 Å². The van der Waals surface area contributed by atoms with E-state index in [1.54, 1.807) is 0 Å². The van der Waals surface area contributed by atoms with Crippen molar-refractivity contribution in [2.45, 2.75) is 32.3 Å². The van der Waals surface area contributed by atoms with Crippen molar-refractivity contribution in [1.82, 2.24) is 9.97 Å². The largest absolute Gasteiger partial charge is 0.487 e. The molecule has 4 aromatic rings. The maximum atomic E-state index is 6.60. The van der Waals surface area contributed by atoms with Gasteiger partial charge in [-0.3, -0.25) is 0 Å². The van der Waals surface area contributed by atoms with E-state index in [1.165, 1.54) is 5.56 Å². The van der Waals surface area contributed by atoms with Crippen LogP contribution in [0, 0.1) is 5.92 Å². The minimum Gasteiger partial charge on any atom is -0.487 e. The van der Waals surface area contributed by atoms with Gasteiger partial charge in [-0.25, -0.2) is 9.97 Å². The Balaban J connectivity index is 1.91. The van der Waals surface area contributed by atoms with E-state index in [2.05, 4.69) is 44.7 Å². The summed E-state index contributed by atoms with van der Waals surface area (Å²) < 4.78 is 6.60. The Kier molecular flexibility index (Phi) is 3.48. The van der Waals surface area contributed by atoms with Gasteiger partial charge in [0.25, 0.3) is 0 Å². The van der Waals surface area contributed by atoms with Crippen LogP contribution in [0.2, 0.25) is 0 Å². The Bertz CT molecular complexity index is 1210. The molecule has 0 fully saturated rings. The van der Waals surface area contributed by atoms with E-state index < -0.39 is 0 Å². The second-order valence-electron chi connectivity index (χ2n) is 7.89. The van der Waals surface area contributed by atoms with Gasteiger partial charge in [-0.05, 0) is 38.8 Å². The molecule has 0 spiro atoms. The molecule has 0 N–H and O–H groups in total. The van der Waals surface area contributed by atoms with Gasteiger partial charge >= 0.3 is 0 Å². The predicted octanol–water partition coefficient (Wildman–Crippen LogP) is 5.84. The fourth-order valence-corrected chi connectivity index (χ4v) is 4.27. The number of aromatic nitrogens is 2. The predicted molar refractivity (Wildman–Crippen MR) is 111 cm³/mol. The van der Waals surface area contributed by atoms with Crippen LogP contribution in [-0.2, 0) is 6.42 Å². The van der Waals surface area contributed by atoms with E-state index in [0.29, 0.717) is 5.92 Å². The third-order valence-corrected chi connectivity index (χ3v) is 5.81. The van der Waals surface area contributed by atoms with E-state index >= 15 is 0 Å². The molecule has 5 rings (SSSR count). The van der Waals surface area contributed by atoms with Gasteiger partial charge in [0.05, 0.1) is 22.1 Å². The van der Waals surface area contributed by atoms with Crippen LogP contribution in [0.4, 0.5) is 0 Å². The van der Waals surface area contributed by atoms with Crippen molar-refractivity contribution < 1.29 is 4.74 Å². The number of nitrogens with zero attached hydrogens (tertiary/aromatic N) is 2. The van der Waals surface area contributed by atoms with E-state index in [-0.39, 0.29) is 5.60 Å². The summed E-state index contributed by atoms with van der Waals surface area (Å²) in [5.74, 6) is 1.33. The van der Waals surface area contributed by atoms with E-state index in [4.69, 9.17) is 14.7 Å². The summed E-state index contributed by atoms with van der Waals surface area (Å²) in [4.78, 5) is 10.00. The molecule has 1 aliphatic heterocycles. The molecule has 3 heteroatoms. The SMILES string of the molecule is C=CCC1Cc2c(c3ccccc3c3nc4ccccc4nc23)OC1(C)C. The molecule has 1 aromatic heterocycles. The summed E-state index contributed by atoms with van der Waals surface area (Å²) in [7, 11) is 0. The maximum Gasteiger partial charge on any atom is 0.133 e. The average molecular weight is 354 g/mol. The van der Waals surface area contributed by atoms with Crippen LogP contribution >= 0.6 is 0 Å². The lowest BCUT2D eigenvalue weighted by Crippen LogP contribution is -2.42. The molecule has 0 bridgehead atoms. The van der Waals surface area contributed by atoms with Crippen LogP contribution < -0.4 is 4.74 Å². The number of benzene rings is 3. The first-order chi connectivity index (χ1) is 13.1. The van der Waals surface area contributed by atoms with Crippen molar-refractivity contribution in [2.75, 3.05) is 0 Å². The van der Waals surface area contributed by atoms with Gasteiger partial charge in [0.2, 0.25) is 0 Å². The van der Waals surface area contributed by atoms with Gasteiger partial charge in [-0.1, -0.05) is 42.5 Å². The normalized spacial score (nSPS) is 18.4. The first-order valence-electron chi connectivity index (χ1n) is 9.48. The Morgan fingerprint density at radius 3 is 2.33 bits per heavy atom. The molecule has 2 heterocycles. The molecule has 0 saturated heterocycles. The molecule has 0 aliphatic carbocycles. The molecule has 27 heavy (non-hydrogen) atoms. The van der Waals surface area contributed by atoms with Crippen LogP contribution in [0.5, 0.6) is 5.75 Å². The van der Waals surface area contributed by atoms with Gasteiger partial charge in [-0.2, -0.15) is 0 Å². The number of hydrogen-bond donors (Lipinski definition) is 0. The Labute approximate surface area is 158 Å². The number of para-hydroxylation sites is 2. The lowest BCUT2D eigenvalue weighted by atomic mass is 9.79. The van der Waals surface area contributed by atoms with Crippen LogP contribution in [-0.4, -0.2) is 15.6 Å². The number of fused-ring (bicyclic) bond motifs is 7. The molecule has 1 atom stereocenters. The molecular formula is C24H22N2O. The van der Waals surface area contributed by atoms with Gasteiger partial charge in [-0.15, -0.1) is 6.58 Å². The molecule has 1 aliphatic rings. The van der Waals surface area contributed by atoms with Gasteiger partial charge < -0.3 is 4.74 Å². The second-order valence-corrected chi connectivity index (χ2v) is 7.89. The minimum atomic E-state index is -0.248. The Hall–Kier alpha value is -2.94. The standard InChI is InChI=1S/C24H22N2O/c1-4-9-15-14-18-22-21(25-19-12-7-8-13-20(19)26-22)16-10-5-6-11-17(16)23(18)27-24(15,2)3/h4-8,10-13,15H,1,9,14H2,2-3H3. The monoisotopic (exact) mass is 354 g/mol. The molecule has 134 valence electrons. The van der Waals surface area contributed by atoms with Crippen molar-refractivity contribution in [1.29, 1.82) is 0 Å². The van der Waals surface area contributed by atoms with E-state index in [9.17, 15) is 0 Å². The molecule has 3 aromatic carbocycles. The Morgan fingerprint density at radius 1 is 1.00 bits per heavy atom. The number of hydrogen-bond acceptors (Lipinski definition) is 3. The van der Waals surface area contributed by atoms with Crippen LogP contribution in [0.1, 0.15) is 25.8 Å². The van der Waals surface area contributed by atoms with Crippen molar-refractivity contribution in [3.05, 3.63) is 66.7 Å². The van der Waals surface area contributed by atoms with E-state index in [0.717, 1.165) is 51.4 Å². The van der Waals surface area contributed by atoms with Crippen molar-refractivity contribution in [3.63, 3.8) is 0 Å². The summed E-state index contributed by atoms with van der Waals surface area (Å²) in [5, 5.41) is 2.22. The fourth-order valence-electron chi connectivity index (χ4n) is 4.27. The first-order valence-corrected chi connectivity index (χ1v) is 9.48. The molecule has 3 nitrogen and oxygen atoms in total. The molecular weight excluding hydrogens is 332 g/mol. The maximum absolute atomic E-state index is 6.60. The van der Waals surface area contributed by atoms with Crippen LogP contribution in [0.15, 0.2) is 61.2 Å². The molecule has 1 unspecified atom stereocenters. The fraction of sp³-hybridized carbons (Fsp3) is 0.250. The van der Waals surface area contributed by atoms with Crippen molar-refractivity contribution in [2.24, 2.45) is 5.92 Å². The zero-order chi connectivity index (χ0) is 18.6. The van der Waals surface area contributed by atoms with Crippen molar-refractivity contribution >= 4 is 32.8 Å². The third kappa shape index (κ3) is 2.42. The quantitative estimate of drug-likeness (QED) is 0.258. The van der Waals surface area contributed by atoms with Crippen LogP contribution in [0.25, 0.3) is 32.8 Å². The minimum absolute atomic E-state index is 0.248. The van der Waals surface area contributed by atoms with Gasteiger partial charge in [0.15, 0.2) is 0 Å². The average Bonchev–Trinajstić information content (AvgIpc) is 2.68. The first kappa shape index (κ1) is 16.2. The number of rotatable bonds is 2. The third-order valence-electron chi connectivity index (χ3n) is 5.81. The lowest BCUT2D eigenvalue weighted by molar-refractivity contribution is 0.0304. The number of allylic oxidation sites excluding steroid dienone is 1. The highest BCUT2D eigenvalue weighted by molar-refractivity contribution is 6.10. The van der Waals surface area contributed by atoms with Gasteiger partial charge in [0, 0.05) is 22.3 Å². The smallest absolute Gasteiger partial charge is 0.133 e. The Morgan fingerprint density at radius 2 is 1.63 bits per heavy atom. The molecule has 0 saturated carbocycles. The molecule has 0 amide bonds. The lowest BCUT2D eigenvalue weighted by Gasteiger charge is -2.40. The topological polar surface area (TPSA) is 35.0 Å². The summed E-state index contributed by atoms with van der Waals surface area (Å²) in [6, 6.07) is 16.4.